The molecular weight excluding hydrogens is 240 g/mol. The fourth-order valence-electron chi connectivity index (χ4n) is 2.71. The maximum absolute atomic E-state index is 12.6. The summed E-state index contributed by atoms with van der Waals surface area (Å²) < 4.78 is 5.45. The number of nitrogens with one attached hydrogen (secondary N) is 1. The molecule has 1 fully saturated rings. The summed E-state index contributed by atoms with van der Waals surface area (Å²) >= 11 is 0. The zero-order chi connectivity index (χ0) is 13.2. The normalized spacial score (nSPS) is 19.8. The van der Waals surface area contributed by atoms with Crippen LogP contribution in [0.15, 0.2) is 34.9 Å². The van der Waals surface area contributed by atoms with Crippen molar-refractivity contribution in [3.05, 3.63) is 36.1 Å². The molecule has 2 heterocycles. The highest BCUT2D eigenvalue weighted by atomic mass is 16.3. The lowest BCUT2D eigenvalue weighted by molar-refractivity contribution is 0.0699. The molecule has 4 heteroatoms. The Hall–Kier alpha value is -1.81. The van der Waals surface area contributed by atoms with Crippen LogP contribution in [0.4, 0.5) is 0 Å². The standard InChI is InChI=1S/C15H18N2O2/c1-16-11-5-4-8-17(9-11)15(18)13-10-19-14-7-3-2-6-12(13)14/h2-3,6-7,10-11,16H,4-5,8-9H2,1H3. The van der Waals surface area contributed by atoms with Gasteiger partial charge in [-0.15, -0.1) is 0 Å². The van der Waals surface area contributed by atoms with Crippen molar-refractivity contribution in [2.24, 2.45) is 0 Å². The van der Waals surface area contributed by atoms with E-state index in [2.05, 4.69) is 5.32 Å². The van der Waals surface area contributed by atoms with Crippen molar-refractivity contribution in [1.29, 1.82) is 0 Å². The van der Waals surface area contributed by atoms with Crippen molar-refractivity contribution in [3.8, 4) is 0 Å². The predicted molar refractivity (Wildman–Crippen MR) is 74.2 cm³/mol. The van der Waals surface area contributed by atoms with Gasteiger partial charge in [-0.25, -0.2) is 0 Å². The van der Waals surface area contributed by atoms with Gasteiger partial charge in [0.1, 0.15) is 11.8 Å². The van der Waals surface area contributed by atoms with Gasteiger partial charge in [0.05, 0.1) is 5.56 Å². The zero-order valence-electron chi connectivity index (χ0n) is 11.1. The fraction of sp³-hybridized carbons (Fsp3) is 0.400. The van der Waals surface area contributed by atoms with Crippen molar-refractivity contribution < 1.29 is 9.21 Å². The van der Waals surface area contributed by atoms with Crippen LogP contribution in [0, 0.1) is 0 Å². The summed E-state index contributed by atoms with van der Waals surface area (Å²) in [5, 5.41) is 4.16. The Morgan fingerprint density at radius 1 is 1.42 bits per heavy atom. The predicted octanol–water partition coefficient (Wildman–Crippen LogP) is 2.26. The average Bonchev–Trinajstić information content (AvgIpc) is 2.90. The molecule has 0 saturated carbocycles. The molecule has 0 aliphatic carbocycles. The van der Waals surface area contributed by atoms with Crippen molar-refractivity contribution in [2.45, 2.75) is 18.9 Å². The molecule has 0 bridgehead atoms. The number of benzene rings is 1. The summed E-state index contributed by atoms with van der Waals surface area (Å²) in [5.41, 5.74) is 1.44. The minimum absolute atomic E-state index is 0.0740. The molecule has 1 aromatic carbocycles. The van der Waals surface area contributed by atoms with Crippen LogP contribution in [-0.4, -0.2) is 37.0 Å². The van der Waals surface area contributed by atoms with Crippen LogP contribution < -0.4 is 5.32 Å². The van der Waals surface area contributed by atoms with Gasteiger partial charge in [0, 0.05) is 24.5 Å². The molecule has 1 saturated heterocycles. The number of amides is 1. The molecule has 1 amide bonds. The minimum atomic E-state index is 0.0740. The van der Waals surface area contributed by atoms with Crippen LogP contribution in [0.5, 0.6) is 0 Å². The molecule has 4 nitrogen and oxygen atoms in total. The van der Waals surface area contributed by atoms with E-state index in [0.29, 0.717) is 11.6 Å². The molecule has 1 unspecified atom stereocenters. The largest absolute Gasteiger partial charge is 0.463 e. The third kappa shape index (κ3) is 2.24. The molecule has 0 radical (unpaired) electrons. The van der Waals surface area contributed by atoms with E-state index in [-0.39, 0.29) is 5.91 Å². The van der Waals surface area contributed by atoms with Crippen LogP contribution in [0.25, 0.3) is 11.0 Å². The number of piperidine rings is 1. The topological polar surface area (TPSA) is 45.5 Å². The van der Waals surface area contributed by atoms with Gasteiger partial charge in [0.2, 0.25) is 0 Å². The molecule has 3 rings (SSSR count). The lowest BCUT2D eigenvalue weighted by Gasteiger charge is -2.32. The second-order valence-corrected chi connectivity index (χ2v) is 5.02. The van der Waals surface area contributed by atoms with Gasteiger partial charge in [0.15, 0.2) is 0 Å². The van der Waals surface area contributed by atoms with Gasteiger partial charge in [-0.2, -0.15) is 0 Å². The monoisotopic (exact) mass is 258 g/mol. The number of carbonyl (C=O) groups is 1. The summed E-state index contributed by atoms with van der Waals surface area (Å²) in [7, 11) is 1.95. The lowest BCUT2D eigenvalue weighted by Crippen LogP contribution is -2.46. The van der Waals surface area contributed by atoms with Crippen molar-refractivity contribution in [2.75, 3.05) is 20.1 Å². The van der Waals surface area contributed by atoms with Crippen LogP contribution in [0.3, 0.4) is 0 Å². The third-order valence-electron chi connectivity index (χ3n) is 3.83. The first-order valence-corrected chi connectivity index (χ1v) is 6.72. The number of para-hydroxylation sites is 1. The average molecular weight is 258 g/mol. The molecular formula is C15H18N2O2. The first-order chi connectivity index (χ1) is 9.29. The Balaban J connectivity index is 1.87. The van der Waals surface area contributed by atoms with E-state index in [0.717, 1.165) is 36.9 Å². The summed E-state index contributed by atoms with van der Waals surface area (Å²) in [4.78, 5) is 14.5. The number of rotatable bonds is 2. The second-order valence-electron chi connectivity index (χ2n) is 5.02. The van der Waals surface area contributed by atoms with Crippen LogP contribution in [0.2, 0.25) is 0 Å². The quantitative estimate of drug-likeness (QED) is 0.898. The highest BCUT2D eigenvalue weighted by Gasteiger charge is 2.25. The molecule has 2 aromatic rings. The van der Waals surface area contributed by atoms with Crippen LogP contribution in [0.1, 0.15) is 23.2 Å². The summed E-state index contributed by atoms with van der Waals surface area (Å²) in [6.07, 6.45) is 3.76. The number of carbonyl (C=O) groups excluding carboxylic acids is 1. The van der Waals surface area contributed by atoms with Gasteiger partial charge < -0.3 is 14.6 Å². The fourth-order valence-corrected chi connectivity index (χ4v) is 2.71. The smallest absolute Gasteiger partial charge is 0.257 e. The first-order valence-electron chi connectivity index (χ1n) is 6.72. The van der Waals surface area contributed by atoms with Crippen molar-refractivity contribution in [3.63, 3.8) is 0 Å². The molecule has 0 spiro atoms. The summed E-state index contributed by atoms with van der Waals surface area (Å²) in [6.45, 7) is 1.60. The highest BCUT2D eigenvalue weighted by Crippen LogP contribution is 2.23. The number of hydrogen-bond acceptors (Lipinski definition) is 3. The summed E-state index contributed by atoms with van der Waals surface area (Å²) in [5.74, 6) is 0.0740. The number of likely N-dealkylation sites (N-methyl/N-ethyl adjacent to an activating group) is 1. The van der Waals surface area contributed by atoms with E-state index in [1.165, 1.54) is 0 Å². The van der Waals surface area contributed by atoms with E-state index < -0.39 is 0 Å². The number of fused-ring (bicyclic) bond motifs is 1. The Kier molecular flexibility index (Phi) is 3.25. The lowest BCUT2D eigenvalue weighted by atomic mass is 10.0. The number of likely N-dealkylation sites (tertiary alicyclic amines) is 1. The van der Waals surface area contributed by atoms with E-state index in [1.54, 1.807) is 6.26 Å². The molecule has 1 aliphatic rings. The molecule has 100 valence electrons. The number of nitrogens with zero attached hydrogens (tertiary/aromatic N) is 1. The van der Waals surface area contributed by atoms with Crippen molar-refractivity contribution in [1.82, 2.24) is 10.2 Å². The number of furan rings is 1. The maximum atomic E-state index is 12.6. The molecule has 1 aliphatic heterocycles. The third-order valence-corrected chi connectivity index (χ3v) is 3.83. The second kappa shape index (κ2) is 5.05. The Bertz CT molecular complexity index is 591. The van der Waals surface area contributed by atoms with E-state index in [1.807, 2.05) is 36.2 Å². The van der Waals surface area contributed by atoms with Crippen LogP contribution >= 0.6 is 0 Å². The molecule has 1 atom stereocenters. The Morgan fingerprint density at radius 3 is 3.11 bits per heavy atom. The SMILES string of the molecule is CNC1CCCN(C(=O)c2coc3ccccc23)C1. The van der Waals surface area contributed by atoms with Crippen molar-refractivity contribution >= 4 is 16.9 Å². The molecule has 1 N–H and O–H groups in total. The highest BCUT2D eigenvalue weighted by molar-refractivity contribution is 6.05. The zero-order valence-corrected chi connectivity index (χ0v) is 11.1. The molecule has 1 aromatic heterocycles. The van der Waals surface area contributed by atoms with E-state index in [4.69, 9.17) is 4.42 Å². The Labute approximate surface area is 112 Å². The number of hydrogen-bond donors (Lipinski definition) is 1. The van der Waals surface area contributed by atoms with Gasteiger partial charge in [-0.3, -0.25) is 4.79 Å². The van der Waals surface area contributed by atoms with Gasteiger partial charge in [0.25, 0.3) is 5.91 Å². The first kappa shape index (κ1) is 12.2. The van der Waals surface area contributed by atoms with Gasteiger partial charge in [-0.05, 0) is 26.0 Å². The van der Waals surface area contributed by atoms with E-state index >= 15 is 0 Å². The van der Waals surface area contributed by atoms with Crippen LogP contribution in [-0.2, 0) is 0 Å². The Morgan fingerprint density at radius 2 is 2.26 bits per heavy atom. The van der Waals surface area contributed by atoms with E-state index in [9.17, 15) is 4.79 Å². The summed E-state index contributed by atoms with van der Waals surface area (Å²) in [6, 6.07) is 8.07. The molecule has 19 heavy (non-hydrogen) atoms. The minimum Gasteiger partial charge on any atom is -0.463 e. The van der Waals surface area contributed by atoms with Gasteiger partial charge in [-0.1, -0.05) is 18.2 Å². The van der Waals surface area contributed by atoms with Gasteiger partial charge >= 0.3 is 0 Å². The maximum Gasteiger partial charge on any atom is 0.257 e.